The second kappa shape index (κ2) is 16.3. The van der Waals surface area contributed by atoms with Crippen molar-refractivity contribution >= 4 is 46.4 Å². The van der Waals surface area contributed by atoms with Gasteiger partial charge in [-0.05, 0) is 17.7 Å². The fourth-order valence-electron chi connectivity index (χ4n) is 10.8. The Labute approximate surface area is 430 Å². The fraction of sp³-hybridized carbons (Fsp3) is 0.129. The van der Waals surface area contributed by atoms with Gasteiger partial charge in [0.1, 0.15) is 0 Å². The van der Waals surface area contributed by atoms with Crippen LogP contribution in [0, 0.1) is 9.72 Å². The summed E-state index contributed by atoms with van der Waals surface area (Å²) < 4.78 is 75.8. The summed E-state index contributed by atoms with van der Waals surface area (Å²) in [5.41, 5.74) is 15.1. The Morgan fingerprint density at radius 1 is 0.629 bits per heavy atom. The molecule has 0 unspecified atom stereocenters. The van der Waals surface area contributed by atoms with Crippen molar-refractivity contribution in [2.45, 2.75) is 46.4 Å². The number of imidazole rings is 1. The Morgan fingerprint density at radius 2 is 1.24 bits per heavy atom. The molecule has 0 spiro atoms. The number of hydrogen-bond acceptors (Lipinski definition) is 4. The fourth-order valence-corrected chi connectivity index (χ4v) is 11.9. The van der Waals surface area contributed by atoms with Gasteiger partial charge < -0.3 is 0 Å². The van der Waals surface area contributed by atoms with Crippen LogP contribution >= 0.6 is 0 Å². The molecule has 0 aliphatic carbocycles. The van der Waals surface area contributed by atoms with E-state index in [-0.39, 0.29) is 35.9 Å². The number of hydrogen-bond donors (Lipinski definition) is 0. The van der Waals surface area contributed by atoms with Crippen molar-refractivity contribution in [2.75, 3.05) is 9.62 Å². The molecule has 6 nitrogen and oxygen atoms in total. The van der Waals surface area contributed by atoms with Crippen LogP contribution in [0.25, 0.3) is 66.9 Å². The molecule has 342 valence electrons. The van der Waals surface area contributed by atoms with Crippen molar-refractivity contribution in [3.63, 3.8) is 0 Å². The third-order valence-corrected chi connectivity index (χ3v) is 14.7. The second-order valence-corrected chi connectivity index (χ2v) is 20.4. The predicted octanol–water partition coefficient (Wildman–Crippen LogP) is 15.2. The SMILES string of the molecule is [2H]c1c([2H])c([2H])c(-c2cccc(-c3ccc(C(C)(C)C)cc3)c2-n2[c](=[Pt])n(-c3cccc(Oc4cc(C([2H])([2H])C(C)C)c5c(n4)N4B6c7c(cccc7-5)-c5ccccc5N6c5ccccc54)c3)c3ccccc32)c([2H])c1[2H]. The average molecular weight is 1090 g/mol. The minimum atomic E-state index is -1.79. The molecule has 0 radical (unpaired) electrons. The van der Waals surface area contributed by atoms with Crippen LogP contribution in [0.3, 0.4) is 0 Å². The molecule has 8 heteroatoms. The molecule has 10 aromatic rings. The molecule has 2 aromatic heterocycles. The van der Waals surface area contributed by atoms with Crippen LogP contribution in [0.15, 0.2) is 194 Å². The Morgan fingerprint density at radius 3 is 1.97 bits per heavy atom. The molecular formula is C62H50BN5OPt. The molecule has 13 rings (SSSR count). The summed E-state index contributed by atoms with van der Waals surface area (Å²) >= 11 is 2.33. The van der Waals surface area contributed by atoms with Crippen LogP contribution in [0.1, 0.15) is 55.3 Å². The van der Waals surface area contributed by atoms with Gasteiger partial charge in [0.05, 0.1) is 0 Å². The first-order valence-corrected chi connectivity index (χ1v) is 24.8. The van der Waals surface area contributed by atoms with E-state index in [1.165, 1.54) is 5.56 Å². The third kappa shape index (κ3) is 6.66. The van der Waals surface area contributed by atoms with E-state index in [2.05, 4.69) is 144 Å². The van der Waals surface area contributed by atoms with Crippen molar-refractivity contribution in [1.82, 2.24) is 14.1 Å². The first-order valence-electron chi connectivity index (χ1n) is 27.2. The van der Waals surface area contributed by atoms with Crippen molar-refractivity contribution in [3.05, 3.63) is 209 Å². The number of aromatic nitrogens is 3. The van der Waals surface area contributed by atoms with E-state index < -0.39 is 30.4 Å². The molecular weight excluding hydrogens is 1040 g/mol. The zero-order chi connectivity index (χ0) is 53.6. The minimum absolute atomic E-state index is 0.0893. The van der Waals surface area contributed by atoms with E-state index >= 15 is 0 Å². The van der Waals surface area contributed by atoms with Gasteiger partial charge in [0.15, 0.2) is 0 Å². The van der Waals surface area contributed by atoms with Gasteiger partial charge in [-0.2, -0.15) is 0 Å². The average Bonchev–Trinajstić information content (AvgIpc) is 3.94. The van der Waals surface area contributed by atoms with Gasteiger partial charge in [-0.15, -0.1) is 0 Å². The van der Waals surface area contributed by atoms with Crippen LogP contribution in [0.5, 0.6) is 11.6 Å². The molecule has 0 N–H and O–H groups in total. The van der Waals surface area contributed by atoms with E-state index in [0.29, 0.717) is 28.4 Å². The van der Waals surface area contributed by atoms with Gasteiger partial charge in [0, 0.05) is 11.3 Å². The van der Waals surface area contributed by atoms with E-state index in [9.17, 15) is 5.48 Å². The molecule has 0 atom stereocenters. The normalized spacial score (nSPS) is 14.7. The molecule has 0 amide bonds. The summed E-state index contributed by atoms with van der Waals surface area (Å²) in [4.78, 5) is 10.0. The molecule has 3 aliphatic rings. The summed E-state index contributed by atoms with van der Waals surface area (Å²) in [7, 11) is 0. The third-order valence-electron chi connectivity index (χ3n) is 13.7. The topological polar surface area (TPSA) is 38.5 Å². The van der Waals surface area contributed by atoms with E-state index in [0.717, 1.165) is 76.4 Å². The van der Waals surface area contributed by atoms with E-state index in [1.807, 2.05) is 86.6 Å². The first-order chi connectivity index (χ1) is 36.9. The van der Waals surface area contributed by atoms with Crippen LogP contribution in [-0.4, -0.2) is 21.1 Å². The van der Waals surface area contributed by atoms with Gasteiger partial charge in [0.2, 0.25) is 0 Å². The molecule has 0 fully saturated rings. The Hall–Kier alpha value is -7.47. The number of rotatable bonds is 8. The maximum absolute atomic E-state index is 9.79. The van der Waals surface area contributed by atoms with Crippen molar-refractivity contribution in [3.8, 4) is 67.5 Å². The molecule has 5 heterocycles. The van der Waals surface area contributed by atoms with Gasteiger partial charge >= 0.3 is 361 Å². The number of anilines is 4. The monoisotopic (exact) mass is 1090 g/mol. The number of pyridine rings is 1. The summed E-state index contributed by atoms with van der Waals surface area (Å²) in [5, 5.41) is 0. The van der Waals surface area contributed by atoms with Gasteiger partial charge in [-0.1, -0.05) is 42.5 Å². The van der Waals surface area contributed by atoms with Gasteiger partial charge in [0.25, 0.3) is 0 Å². The summed E-state index contributed by atoms with van der Waals surface area (Å²) in [6, 6.07) is 53.2. The van der Waals surface area contributed by atoms with Crippen molar-refractivity contribution < 1.29 is 33.7 Å². The number of ether oxygens (including phenoxy) is 1. The zero-order valence-corrected chi connectivity index (χ0v) is 41.5. The van der Waals surface area contributed by atoms with Crippen LogP contribution < -0.4 is 19.8 Å². The molecule has 70 heavy (non-hydrogen) atoms. The zero-order valence-electron chi connectivity index (χ0n) is 46.2. The molecule has 0 saturated carbocycles. The molecule has 8 aromatic carbocycles. The number of fused-ring (bicyclic) bond motifs is 10. The standard InChI is InChI=1S/C62H50BN5O.Pt/c1-40(2)36-43-37-57(64-61-58(43)51-26-17-25-50-49-22-9-10-27-52(49)67-55-30-13-14-31-56(55)68(61)63(67)59(50)51)69-46-21-15-20-45(38-46)65-39-66(54-29-12-11-28-53(54)65)60-47(41-18-7-6-8-19-41)23-16-24-48(60)42-32-34-44(35-33-42)62(3,4)5;/h6-35,37-38,40H,36H2,1-5H3;/i6D,7D,8D,18D,19D,36D2;. The Bertz CT molecular complexity index is 4180. The Balaban J connectivity index is 0.994. The first kappa shape index (κ1) is 35.6. The molecule has 0 bridgehead atoms. The quantitative estimate of drug-likeness (QED) is 0.142. The summed E-state index contributed by atoms with van der Waals surface area (Å²) in [5.74, 6) is 0.967. The maximum atomic E-state index is 9.79. The Kier molecular flexibility index (Phi) is 8.30. The predicted molar refractivity (Wildman–Crippen MR) is 285 cm³/mol. The number of para-hydroxylation sites is 6. The van der Waals surface area contributed by atoms with Crippen molar-refractivity contribution in [2.24, 2.45) is 5.92 Å². The molecule has 3 aliphatic heterocycles. The number of nitrogens with zero attached hydrogens (tertiary/aromatic N) is 5. The number of benzene rings is 8. The van der Waals surface area contributed by atoms with Crippen LogP contribution in [0.2, 0.25) is 0 Å². The summed E-state index contributed by atoms with van der Waals surface area (Å²) in [6.07, 6.45) is -1.79. The van der Waals surface area contributed by atoms with Gasteiger partial charge in [-0.25, -0.2) is 0 Å². The van der Waals surface area contributed by atoms with Crippen molar-refractivity contribution in [1.29, 1.82) is 0 Å². The van der Waals surface area contributed by atoms with Crippen LogP contribution in [-0.2, 0) is 31.1 Å². The van der Waals surface area contributed by atoms with Gasteiger partial charge in [-0.3, -0.25) is 0 Å². The summed E-state index contributed by atoms with van der Waals surface area (Å²) in [6.45, 7) is 10.1. The van der Waals surface area contributed by atoms with Crippen LogP contribution in [0.4, 0.5) is 22.9 Å². The molecule has 0 saturated heterocycles. The van der Waals surface area contributed by atoms with E-state index in [4.69, 9.17) is 13.8 Å². The van der Waals surface area contributed by atoms with E-state index in [1.54, 1.807) is 6.07 Å². The second-order valence-electron chi connectivity index (χ2n) is 19.4.